The van der Waals surface area contributed by atoms with Crippen LogP contribution in [0.25, 0.3) is 0 Å². The molecule has 10 nitrogen and oxygen atoms in total. The van der Waals surface area contributed by atoms with Crippen LogP contribution >= 0.6 is 11.8 Å². The van der Waals surface area contributed by atoms with Crippen molar-refractivity contribution < 1.29 is 33.8 Å². The third-order valence-corrected chi connectivity index (χ3v) is 3.51. The molecule has 0 aromatic heterocycles. The van der Waals surface area contributed by atoms with Gasteiger partial charge in [0.1, 0.15) is 11.6 Å². The van der Waals surface area contributed by atoms with Gasteiger partial charge in [0.05, 0.1) is 6.61 Å². The van der Waals surface area contributed by atoms with E-state index in [1.54, 1.807) is 27.0 Å². The summed E-state index contributed by atoms with van der Waals surface area (Å²) in [4.78, 5) is 49.8. The lowest BCUT2D eigenvalue weighted by atomic mass is 10.2. The highest BCUT2D eigenvalue weighted by Crippen LogP contribution is 2.09. The molecule has 2 N–H and O–H groups in total. The molecule has 0 saturated heterocycles. The number of nitrogens with zero attached hydrogens (tertiary/aromatic N) is 2. The van der Waals surface area contributed by atoms with Gasteiger partial charge in [0, 0.05) is 14.0 Å². The van der Waals surface area contributed by atoms with Crippen LogP contribution in [0.4, 0.5) is 9.59 Å². The van der Waals surface area contributed by atoms with Gasteiger partial charge < -0.3 is 19.9 Å². The van der Waals surface area contributed by atoms with Crippen molar-refractivity contribution >= 4 is 41.0 Å². The van der Waals surface area contributed by atoms with E-state index in [1.807, 2.05) is 6.92 Å². The first-order valence-electron chi connectivity index (χ1n) is 9.01. The molecule has 1 atom stereocenters. The number of thioether (sulfide) groups is 1. The summed E-state index contributed by atoms with van der Waals surface area (Å²) in [5.74, 6) is -1.43. The molecule has 0 aliphatic carbocycles. The number of nitrogens with one attached hydrogen (secondary N) is 1. The molecule has 0 aromatic carbocycles. The van der Waals surface area contributed by atoms with Crippen LogP contribution in [0.15, 0.2) is 4.99 Å². The van der Waals surface area contributed by atoms with Crippen molar-refractivity contribution in [2.45, 2.75) is 66.0 Å². The standard InChI is InChI=1S/C16H29N3O5S.C2H4O2/c1-8-9-10-23-15(22)19(6)13(25-7)18-12(20)11(2)17-14(21)24-16(3,4)5;1-2(3)4/h11H,8-10H2,1-7H3,(H,17,21);1H3,(H,3,4). The van der Waals surface area contributed by atoms with Crippen LogP contribution in [-0.2, 0) is 19.1 Å². The molecule has 29 heavy (non-hydrogen) atoms. The molecular weight excluding hydrogens is 402 g/mol. The minimum Gasteiger partial charge on any atom is -0.481 e. The number of unbranched alkanes of at least 4 members (excludes halogenated alkanes) is 1. The molecule has 11 heteroatoms. The number of aliphatic imine (C=N–C) groups is 1. The highest BCUT2D eigenvalue weighted by Gasteiger charge is 2.23. The number of ether oxygens (including phenoxy) is 2. The summed E-state index contributed by atoms with van der Waals surface area (Å²) >= 11 is 1.13. The van der Waals surface area contributed by atoms with Crippen LogP contribution in [0.2, 0.25) is 0 Å². The fourth-order valence-electron chi connectivity index (χ4n) is 1.47. The Labute approximate surface area is 176 Å². The lowest BCUT2D eigenvalue weighted by Gasteiger charge is -2.21. The summed E-state index contributed by atoms with van der Waals surface area (Å²) in [7, 11) is 1.48. The molecule has 0 fully saturated rings. The predicted molar refractivity (Wildman–Crippen MR) is 112 cm³/mol. The quantitative estimate of drug-likeness (QED) is 0.382. The maximum atomic E-state index is 12.2. The van der Waals surface area contributed by atoms with E-state index in [2.05, 4.69) is 10.3 Å². The molecule has 0 saturated carbocycles. The van der Waals surface area contributed by atoms with Gasteiger partial charge in [-0.2, -0.15) is 4.99 Å². The van der Waals surface area contributed by atoms with Crippen LogP contribution in [-0.4, -0.2) is 70.8 Å². The van der Waals surface area contributed by atoms with E-state index in [0.717, 1.165) is 31.5 Å². The van der Waals surface area contributed by atoms with Crippen LogP contribution in [0, 0.1) is 0 Å². The third-order valence-electron chi connectivity index (χ3n) is 2.78. The number of carbonyl (C=O) groups excluding carboxylic acids is 3. The average Bonchev–Trinajstić information content (AvgIpc) is 2.56. The highest BCUT2D eigenvalue weighted by molar-refractivity contribution is 8.13. The molecule has 0 aliphatic rings. The summed E-state index contributed by atoms with van der Waals surface area (Å²) < 4.78 is 10.2. The number of amides is 3. The Hall–Kier alpha value is -2.30. The fraction of sp³-hybridized carbons (Fsp3) is 0.722. The first-order valence-corrected chi connectivity index (χ1v) is 10.2. The lowest BCUT2D eigenvalue weighted by molar-refractivity contribution is -0.134. The first-order chi connectivity index (χ1) is 13.2. The van der Waals surface area contributed by atoms with Gasteiger partial charge in [0.2, 0.25) is 0 Å². The molecule has 1 unspecified atom stereocenters. The molecule has 0 bridgehead atoms. The van der Waals surface area contributed by atoms with Crippen LogP contribution < -0.4 is 5.32 Å². The number of alkyl carbamates (subject to hydrolysis) is 1. The number of aliphatic carboxylic acids is 1. The second-order valence-electron chi connectivity index (χ2n) is 6.85. The molecule has 0 spiro atoms. The van der Waals surface area contributed by atoms with E-state index in [0.29, 0.717) is 6.61 Å². The van der Waals surface area contributed by atoms with Gasteiger partial charge >= 0.3 is 12.2 Å². The summed E-state index contributed by atoms with van der Waals surface area (Å²) in [6.07, 6.45) is 2.07. The zero-order valence-electron chi connectivity index (χ0n) is 18.4. The molecule has 0 radical (unpaired) electrons. The Morgan fingerprint density at radius 1 is 1.24 bits per heavy atom. The normalized spacial score (nSPS) is 12.1. The number of hydrogen-bond acceptors (Lipinski definition) is 7. The van der Waals surface area contributed by atoms with Crippen molar-refractivity contribution in [1.82, 2.24) is 10.2 Å². The van der Waals surface area contributed by atoms with Crippen LogP contribution in [0.5, 0.6) is 0 Å². The van der Waals surface area contributed by atoms with E-state index >= 15 is 0 Å². The molecule has 0 aromatic rings. The number of carboxylic acid groups (broad SMARTS) is 1. The minimum absolute atomic E-state index is 0.185. The first kappa shape index (κ1) is 28.9. The molecule has 3 amide bonds. The zero-order chi connectivity index (χ0) is 23.2. The van der Waals surface area contributed by atoms with Crippen LogP contribution in [0.3, 0.4) is 0 Å². The molecular formula is C18H33N3O7S. The molecule has 0 heterocycles. The minimum atomic E-state index is -0.887. The van der Waals surface area contributed by atoms with E-state index in [-0.39, 0.29) is 5.17 Å². The van der Waals surface area contributed by atoms with E-state index < -0.39 is 35.7 Å². The number of rotatable bonds is 5. The number of carbonyl (C=O) groups is 4. The topological polar surface area (TPSA) is 135 Å². The average molecular weight is 436 g/mol. The van der Waals surface area contributed by atoms with Gasteiger partial charge in [-0.15, -0.1) is 0 Å². The van der Waals surface area contributed by atoms with Gasteiger partial charge in [0.15, 0.2) is 5.17 Å². The van der Waals surface area contributed by atoms with Crippen LogP contribution in [0.1, 0.15) is 54.4 Å². The maximum Gasteiger partial charge on any atom is 0.415 e. The second kappa shape index (κ2) is 14.7. The van der Waals surface area contributed by atoms with Gasteiger partial charge in [-0.05, 0) is 40.4 Å². The number of hydrogen-bond donors (Lipinski definition) is 2. The Balaban J connectivity index is 0. The maximum absolute atomic E-state index is 12.2. The van der Waals surface area contributed by atoms with Crippen molar-refractivity contribution in [3.8, 4) is 0 Å². The van der Waals surface area contributed by atoms with Gasteiger partial charge in [-0.25, -0.2) is 9.59 Å². The Kier molecular flexibility index (Phi) is 14.6. The van der Waals surface area contributed by atoms with Crippen molar-refractivity contribution in [2.24, 2.45) is 4.99 Å². The van der Waals surface area contributed by atoms with Crippen molar-refractivity contribution in [3.05, 3.63) is 0 Å². The van der Waals surface area contributed by atoms with Gasteiger partial charge in [-0.1, -0.05) is 25.1 Å². The summed E-state index contributed by atoms with van der Waals surface area (Å²) in [5, 5.41) is 10.0. The summed E-state index contributed by atoms with van der Waals surface area (Å²) in [5.41, 5.74) is -0.664. The molecule has 168 valence electrons. The summed E-state index contributed by atoms with van der Waals surface area (Å²) in [6, 6.07) is -0.887. The molecule has 0 rings (SSSR count). The highest BCUT2D eigenvalue weighted by atomic mass is 32.2. The van der Waals surface area contributed by atoms with Gasteiger partial charge in [0.25, 0.3) is 11.9 Å². The third kappa shape index (κ3) is 16.4. The number of amidine groups is 1. The summed E-state index contributed by atoms with van der Waals surface area (Å²) in [6.45, 7) is 10.1. The number of carboxylic acids is 1. The Morgan fingerprint density at radius 3 is 2.17 bits per heavy atom. The van der Waals surface area contributed by atoms with E-state index in [1.165, 1.54) is 18.9 Å². The lowest BCUT2D eigenvalue weighted by Crippen LogP contribution is -2.42. The van der Waals surface area contributed by atoms with Gasteiger partial charge in [-0.3, -0.25) is 14.5 Å². The Bertz CT molecular complexity index is 584. The van der Waals surface area contributed by atoms with E-state index in [4.69, 9.17) is 19.4 Å². The molecule has 0 aliphatic heterocycles. The predicted octanol–water partition coefficient (Wildman–Crippen LogP) is 3.10. The van der Waals surface area contributed by atoms with Crippen molar-refractivity contribution in [1.29, 1.82) is 0 Å². The van der Waals surface area contributed by atoms with E-state index in [9.17, 15) is 14.4 Å². The zero-order valence-corrected chi connectivity index (χ0v) is 19.2. The smallest absolute Gasteiger partial charge is 0.415 e. The monoisotopic (exact) mass is 435 g/mol. The fourth-order valence-corrected chi connectivity index (χ4v) is 2.00. The SMILES string of the molecule is CC(=O)O.CCCCOC(=O)N(C)C(=NC(=O)C(C)NC(=O)OC(C)(C)C)SC. The second-order valence-corrected chi connectivity index (χ2v) is 7.62. The van der Waals surface area contributed by atoms with Crippen molar-refractivity contribution in [2.75, 3.05) is 19.9 Å². The largest absolute Gasteiger partial charge is 0.481 e. The Morgan fingerprint density at radius 2 is 1.76 bits per heavy atom. The van der Waals surface area contributed by atoms with Crippen molar-refractivity contribution in [3.63, 3.8) is 0 Å².